The minimum atomic E-state index is 0.623. The molecule has 4 heteroatoms. The lowest BCUT2D eigenvalue weighted by molar-refractivity contribution is -0.109. The largest absolute Gasteiger partial charge is 0.494 e. The summed E-state index contributed by atoms with van der Waals surface area (Å²) in [6.07, 6.45) is 3.90. The first-order valence-corrected chi connectivity index (χ1v) is 7.91. The molecule has 0 aliphatic rings. The number of rotatable bonds is 12. The van der Waals surface area contributed by atoms with Gasteiger partial charge in [-0.25, -0.2) is 0 Å². The zero-order valence-corrected chi connectivity index (χ0v) is 13.3. The quantitative estimate of drug-likeness (QED) is 0.476. The third-order valence-electron chi connectivity index (χ3n) is 3.20. The molecule has 0 aliphatic heterocycles. The Bertz CT molecular complexity index is 390. The van der Waals surface area contributed by atoms with Gasteiger partial charge in [0.1, 0.15) is 5.75 Å². The summed E-state index contributed by atoms with van der Waals surface area (Å²) in [5.41, 5.74) is 1.29. The van der Waals surface area contributed by atoms with Gasteiger partial charge in [-0.05, 0) is 50.0 Å². The van der Waals surface area contributed by atoms with Gasteiger partial charge in [-0.15, -0.1) is 0 Å². The van der Waals surface area contributed by atoms with Crippen molar-refractivity contribution in [1.82, 2.24) is 10.2 Å². The number of benzene rings is 1. The maximum Gasteiger partial charge on any atom is 0.207 e. The maximum atomic E-state index is 10.1. The van der Waals surface area contributed by atoms with Crippen LogP contribution in [0, 0.1) is 0 Å². The number of nitrogens with one attached hydrogen (secondary N) is 1. The molecular weight excluding hydrogens is 264 g/mol. The lowest BCUT2D eigenvalue weighted by Gasteiger charge is -2.21. The lowest BCUT2D eigenvalue weighted by Crippen LogP contribution is -2.24. The fourth-order valence-electron chi connectivity index (χ4n) is 2.32. The van der Waals surface area contributed by atoms with E-state index < -0.39 is 0 Å². The highest BCUT2D eigenvalue weighted by atomic mass is 16.5. The Morgan fingerprint density at radius 2 is 2.00 bits per heavy atom. The Hall–Kier alpha value is -1.55. The molecule has 21 heavy (non-hydrogen) atoms. The van der Waals surface area contributed by atoms with E-state index in [4.69, 9.17) is 4.74 Å². The third kappa shape index (κ3) is 7.71. The second-order valence-corrected chi connectivity index (χ2v) is 5.20. The first-order valence-electron chi connectivity index (χ1n) is 7.91. The monoisotopic (exact) mass is 292 g/mol. The van der Waals surface area contributed by atoms with Crippen LogP contribution in [0.25, 0.3) is 0 Å². The molecule has 0 unspecified atom stereocenters. The van der Waals surface area contributed by atoms with Crippen molar-refractivity contribution >= 4 is 6.41 Å². The second-order valence-electron chi connectivity index (χ2n) is 5.20. The number of carbonyl (C=O) groups is 1. The summed E-state index contributed by atoms with van der Waals surface area (Å²) < 4.78 is 5.72. The predicted molar refractivity (Wildman–Crippen MR) is 86.5 cm³/mol. The molecule has 1 rings (SSSR count). The van der Waals surface area contributed by atoms with E-state index in [0.717, 1.165) is 38.2 Å². The summed E-state index contributed by atoms with van der Waals surface area (Å²) in [6, 6.07) is 8.30. The van der Waals surface area contributed by atoms with Crippen molar-refractivity contribution in [3.8, 4) is 5.75 Å². The first-order chi connectivity index (χ1) is 10.3. The maximum absolute atomic E-state index is 10.1. The van der Waals surface area contributed by atoms with E-state index in [0.29, 0.717) is 13.2 Å². The Kier molecular flexibility index (Phi) is 9.29. The first kappa shape index (κ1) is 17.5. The van der Waals surface area contributed by atoms with Crippen LogP contribution in [0.4, 0.5) is 0 Å². The van der Waals surface area contributed by atoms with Crippen LogP contribution in [0.1, 0.15) is 38.7 Å². The van der Waals surface area contributed by atoms with Crippen molar-refractivity contribution in [2.24, 2.45) is 0 Å². The summed E-state index contributed by atoms with van der Waals surface area (Å²) in [4.78, 5) is 12.6. The van der Waals surface area contributed by atoms with Gasteiger partial charge in [-0.1, -0.05) is 26.0 Å². The smallest absolute Gasteiger partial charge is 0.207 e. The zero-order valence-electron chi connectivity index (χ0n) is 13.3. The number of hydrogen-bond acceptors (Lipinski definition) is 3. The van der Waals surface area contributed by atoms with Crippen LogP contribution in [0.5, 0.6) is 5.75 Å². The van der Waals surface area contributed by atoms with E-state index >= 15 is 0 Å². The number of amides is 1. The summed E-state index contributed by atoms with van der Waals surface area (Å²) in [5, 5.41) is 2.63. The van der Waals surface area contributed by atoms with Crippen LogP contribution in [0.3, 0.4) is 0 Å². The molecule has 4 nitrogen and oxygen atoms in total. The molecule has 1 N–H and O–H groups in total. The van der Waals surface area contributed by atoms with Gasteiger partial charge in [-0.2, -0.15) is 0 Å². The molecule has 0 saturated carbocycles. The second kappa shape index (κ2) is 11.1. The van der Waals surface area contributed by atoms with E-state index in [9.17, 15) is 4.79 Å². The highest BCUT2D eigenvalue weighted by Gasteiger charge is 2.05. The van der Waals surface area contributed by atoms with E-state index in [1.165, 1.54) is 18.4 Å². The van der Waals surface area contributed by atoms with Crippen LogP contribution < -0.4 is 10.1 Å². The molecule has 0 heterocycles. The molecule has 0 spiro atoms. The van der Waals surface area contributed by atoms with Gasteiger partial charge in [0.15, 0.2) is 0 Å². The SMILES string of the molecule is CCCN(CCC)Cc1cccc(OCCCNC=O)c1. The summed E-state index contributed by atoms with van der Waals surface area (Å²) in [7, 11) is 0. The summed E-state index contributed by atoms with van der Waals surface area (Å²) in [5.74, 6) is 0.909. The minimum Gasteiger partial charge on any atom is -0.494 e. The molecule has 0 saturated heterocycles. The Morgan fingerprint density at radius 1 is 1.24 bits per heavy atom. The highest BCUT2D eigenvalue weighted by molar-refractivity contribution is 5.45. The molecule has 1 aromatic carbocycles. The standard InChI is InChI=1S/C17H28N2O2/c1-3-10-19(11-4-2)14-16-7-5-8-17(13-16)21-12-6-9-18-15-20/h5,7-8,13,15H,3-4,6,9-12,14H2,1-2H3,(H,18,20). The molecule has 118 valence electrons. The van der Waals surface area contributed by atoms with Gasteiger partial charge in [0, 0.05) is 13.1 Å². The van der Waals surface area contributed by atoms with E-state index in [1.807, 2.05) is 12.1 Å². The van der Waals surface area contributed by atoms with E-state index in [2.05, 4.69) is 36.2 Å². The average molecular weight is 292 g/mol. The molecule has 0 radical (unpaired) electrons. The number of nitrogens with zero attached hydrogens (tertiary/aromatic N) is 1. The van der Waals surface area contributed by atoms with Crippen molar-refractivity contribution in [3.05, 3.63) is 29.8 Å². The molecule has 0 aliphatic carbocycles. The van der Waals surface area contributed by atoms with Gasteiger partial charge in [0.2, 0.25) is 6.41 Å². The van der Waals surface area contributed by atoms with E-state index in [1.54, 1.807) is 0 Å². The zero-order chi connectivity index (χ0) is 15.3. The van der Waals surface area contributed by atoms with Crippen molar-refractivity contribution in [1.29, 1.82) is 0 Å². The molecule has 0 aromatic heterocycles. The number of carbonyl (C=O) groups excluding carboxylic acids is 1. The highest BCUT2D eigenvalue weighted by Crippen LogP contribution is 2.15. The van der Waals surface area contributed by atoms with Gasteiger partial charge >= 0.3 is 0 Å². The normalized spacial score (nSPS) is 10.6. The van der Waals surface area contributed by atoms with Crippen molar-refractivity contribution in [3.63, 3.8) is 0 Å². The summed E-state index contributed by atoms with van der Waals surface area (Å²) in [6.45, 7) is 8.96. The van der Waals surface area contributed by atoms with Gasteiger partial charge < -0.3 is 10.1 Å². The van der Waals surface area contributed by atoms with Gasteiger partial charge in [0.05, 0.1) is 6.61 Å². The third-order valence-corrected chi connectivity index (χ3v) is 3.20. The Balaban J connectivity index is 2.44. The van der Waals surface area contributed by atoms with Crippen LogP contribution in [0.15, 0.2) is 24.3 Å². The van der Waals surface area contributed by atoms with Crippen LogP contribution >= 0.6 is 0 Å². The number of hydrogen-bond donors (Lipinski definition) is 1. The van der Waals surface area contributed by atoms with Crippen molar-refractivity contribution in [2.75, 3.05) is 26.2 Å². The average Bonchev–Trinajstić information content (AvgIpc) is 2.48. The van der Waals surface area contributed by atoms with Crippen LogP contribution in [0.2, 0.25) is 0 Å². The van der Waals surface area contributed by atoms with Crippen molar-refractivity contribution < 1.29 is 9.53 Å². The van der Waals surface area contributed by atoms with E-state index in [-0.39, 0.29) is 0 Å². The van der Waals surface area contributed by atoms with Crippen LogP contribution in [-0.4, -0.2) is 37.6 Å². The fraction of sp³-hybridized carbons (Fsp3) is 0.588. The lowest BCUT2D eigenvalue weighted by atomic mass is 10.2. The molecule has 1 aromatic rings. The molecule has 1 amide bonds. The molecular formula is C17H28N2O2. The van der Waals surface area contributed by atoms with Gasteiger partial charge in [0.25, 0.3) is 0 Å². The molecule has 0 fully saturated rings. The Morgan fingerprint density at radius 3 is 2.67 bits per heavy atom. The molecule has 0 atom stereocenters. The predicted octanol–water partition coefficient (Wildman–Crippen LogP) is 2.82. The summed E-state index contributed by atoms with van der Waals surface area (Å²) >= 11 is 0. The van der Waals surface area contributed by atoms with Crippen molar-refractivity contribution in [2.45, 2.75) is 39.7 Å². The van der Waals surface area contributed by atoms with Crippen LogP contribution in [-0.2, 0) is 11.3 Å². The van der Waals surface area contributed by atoms with Gasteiger partial charge in [-0.3, -0.25) is 9.69 Å². The molecule has 0 bridgehead atoms. The minimum absolute atomic E-state index is 0.623. The fourth-order valence-corrected chi connectivity index (χ4v) is 2.32. The topological polar surface area (TPSA) is 41.6 Å². The Labute approximate surface area is 128 Å². The number of ether oxygens (including phenoxy) is 1.